The molecule has 0 unspecified atom stereocenters. The Balaban J connectivity index is 1.65. The van der Waals surface area contributed by atoms with Gasteiger partial charge in [0.05, 0.1) is 23.4 Å². The van der Waals surface area contributed by atoms with Crippen molar-refractivity contribution in [2.45, 2.75) is 4.90 Å². The first kappa shape index (κ1) is 20.8. The molecule has 2 heterocycles. The molecule has 0 bridgehead atoms. The lowest BCUT2D eigenvalue weighted by Crippen LogP contribution is -2.43. The van der Waals surface area contributed by atoms with Crippen LogP contribution < -0.4 is 4.90 Å². The fourth-order valence-corrected chi connectivity index (χ4v) is 5.20. The Bertz CT molecular complexity index is 987. The highest BCUT2D eigenvalue weighted by atomic mass is 79.9. The van der Waals surface area contributed by atoms with E-state index in [1.54, 1.807) is 23.1 Å². The number of fused-ring (bicyclic) bond motifs is 1. The molecular formula is C21H22BrN3O2S2. The van der Waals surface area contributed by atoms with Gasteiger partial charge >= 0.3 is 0 Å². The molecule has 1 fully saturated rings. The Morgan fingerprint density at radius 2 is 2.00 bits per heavy atom. The van der Waals surface area contributed by atoms with E-state index in [2.05, 4.69) is 39.2 Å². The molecule has 0 saturated carbocycles. The molecule has 4 rings (SSSR count). The van der Waals surface area contributed by atoms with E-state index >= 15 is 0 Å². The predicted molar refractivity (Wildman–Crippen MR) is 124 cm³/mol. The number of rotatable bonds is 6. The smallest absolute Gasteiger partial charge is 0.260 e. The SMILES string of the molecule is CSc1cccc2sc(N(CCN3CCOCC3)C(=O)c3ccc(Br)cc3)nc12. The van der Waals surface area contributed by atoms with Crippen LogP contribution in [0.5, 0.6) is 0 Å². The van der Waals surface area contributed by atoms with Gasteiger partial charge < -0.3 is 4.74 Å². The summed E-state index contributed by atoms with van der Waals surface area (Å²) in [6.07, 6.45) is 2.05. The van der Waals surface area contributed by atoms with Crippen LogP contribution in [0.25, 0.3) is 10.2 Å². The minimum atomic E-state index is -0.0180. The van der Waals surface area contributed by atoms with Crippen LogP contribution in [0, 0.1) is 0 Å². The van der Waals surface area contributed by atoms with Gasteiger partial charge in [-0.25, -0.2) is 4.98 Å². The van der Waals surface area contributed by atoms with E-state index in [1.165, 1.54) is 0 Å². The number of hydrogen-bond donors (Lipinski definition) is 0. The van der Waals surface area contributed by atoms with Gasteiger partial charge in [-0.1, -0.05) is 33.3 Å². The minimum absolute atomic E-state index is 0.0180. The molecule has 0 radical (unpaired) electrons. The first-order valence-electron chi connectivity index (χ1n) is 9.47. The van der Waals surface area contributed by atoms with Crippen LogP contribution in [0.4, 0.5) is 5.13 Å². The summed E-state index contributed by atoms with van der Waals surface area (Å²) >= 11 is 6.70. The van der Waals surface area contributed by atoms with Crippen molar-refractivity contribution < 1.29 is 9.53 Å². The second kappa shape index (κ2) is 9.57. The summed E-state index contributed by atoms with van der Waals surface area (Å²) in [5, 5.41) is 0.752. The fraction of sp³-hybridized carbons (Fsp3) is 0.333. The number of nitrogens with zero attached hydrogens (tertiary/aromatic N) is 3. The number of aromatic nitrogens is 1. The normalized spacial score (nSPS) is 15.0. The zero-order valence-corrected chi connectivity index (χ0v) is 19.4. The van der Waals surface area contributed by atoms with Crippen molar-refractivity contribution in [3.05, 3.63) is 52.5 Å². The van der Waals surface area contributed by atoms with E-state index in [0.29, 0.717) is 12.1 Å². The second-order valence-corrected chi connectivity index (χ2v) is 9.49. The Morgan fingerprint density at radius 3 is 2.72 bits per heavy atom. The summed E-state index contributed by atoms with van der Waals surface area (Å²) in [6, 6.07) is 13.7. The van der Waals surface area contributed by atoms with Crippen LogP contribution in [-0.4, -0.2) is 61.4 Å². The molecule has 1 aliphatic heterocycles. The standard InChI is InChI=1S/C21H22BrN3O2S2/c1-28-17-3-2-4-18-19(17)23-21(29-18)25(10-9-24-11-13-27-14-12-24)20(26)15-5-7-16(22)8-6-15/h2-8H,9-14H2,1H3. The van der Waals surface area contributed by atoms with Crippen LogP contribution in [0.15, 0.2) is 51.8 Å². The molecule has 152 valence electrons. The van der Waals surface area contributed by atoms with Gasteiger partial charge in [-0.15, -0.1) is 11.8 Å². The molecule has 0 N–H and O–H groups in total. The summed E-state index contributed by atoms with van der Waals surface area (Å²) in [6.45, 7) is 4.70. The lowest BCUT2D eigenvalue weighted by Gasteiger charge is -2.29. The predicted octanol–water partition coefficient (Wildman–Crippen LogP) is 4.76. The maximum atomic E-state index is 13.4. The van der Waals surface area contributed by atoms with Crippen LogP contribution in [0.1, 0.15) is 10.4 Å². The Hall–Kier alpha value is -1.45. The van der Waals surface area contributed by atoms with Gasteiger partial charge in [-0.3, -0.25) is 14.6 Å². The third kappa shape index (κ3) is 4.83. The Morgan fingerprint density at radius 1 is 1.24 bits per heavy atom. The maximum Gasteiger partial charge on any atom is 0.260 e. The largest absolute Gasteiger partial charge is 0.379 e. The molecule has 0 spiro atoms. The van der Waals surface area contributed by atoms with Gasteiger partial charge in [0.25, 0.3) is 5.91 Å². The van der Waals surface area contributed by atoms with Gasteiger partial charge in [0, 0.05) is 41.1 Å². The molecule has 2 aromatic carbocycles. The number of thiazole rings is 1. The van der Waals surface area contributed by atoms with E-state index in [-0.39, 0.29) is 5.91 Å². The van der Waals surface area contributed by atoms with Crippen molar-refractivity contribution in [3.8, 4) is 0 Å². The topological polar surface area (TPSA) is 45.7 Å². The highest BCUT2D eigenvalue weighted by Crippen LogP contribution is 2.34. The zero-order valence-electron chi connectivity index (χ0n) is 16.1. The molecule has 1 aromatic heterocycles. The molecule has 29 heavy (non-hydrogen) atoms. The van der Waals surface area contributed by atoms with E-state index in [1.807, 2.05) is 35.2 Å². The van der Waals surface area contributed by atoms with Crippen molar-refractivity contribution in [2.24, 2.45) is 0 Å². The van der Waals surface area contributed by atoms with Crippen LogP contribution >= 0.6 is 39.0 Å². The Kier molecular flexibility index (Phi) is 6.87. The summed E-state index contributed by atoms with van der Waals surface area (Å²) < 4.78 is 7.51. The number of morpholine rings is 1. The number of carbonyl (C=O) groups excluding carboxylic acids is 1. The van der Waals surface area contributed by atoms with Gasteiger partial charge in [0.2, 0.25) is 0 Å². The van der Waals surface area contributed by atoms with E-state index in [4.69, 9.17) is 9.72 Å². The minimum Gasteiger partial charge on any atom is -0.379 e. The van der Waals surface area contributed by atoms with Crippen molar-refractivity contribution in [1.29, 1.82) is 0 Å². The monoisotopic (exact) mass is 491 g/mol. The van der Waals surface area contributed by atoms with Gasteiger partial charge in [-0.05, 0) is 42.7 Å². The number of anilines is 1. The first-order valence-corrected chi connectivity index (χ1v) is 12.3. The maximum absolute atomic E-state index is 13.4. The highest BCUT2D eigenvalue weighted by molar-refractivity contribution is 9.10. The van der Waals surface area contributed by atoms with Gasteiger partial charge in [0.1, 0.15) is 0 Å². The number of ether oxygens (including phenoxy) is 1. The molecule has 1 aliphatic rings. The first-order chi connectivity index (χ1) is 14.2. The molecule has 8 heteroatoms. The number of amides is 1. The van der Waals surface area contributed by atoms with Crippen LogP contribution in [-0.2, 0) is 4.74 Å². The Labute approximate surface area is 187 Å². The average molecular weight is 492 g/mol. The fourth-order valence-electron chi connectivity index (χ4n) is 3.29. The number of hydrogen-bond acceptors (Lipinski definition) is 6. The molecular weight excluding hydrogens is 470 g/mol. The molecule has 0 atom stereocenters. The molecule has 1 saturated heterocycles. The third-order valence-corrected chi connectivity index (χ3v) is 7.24. The van der Waals surface area contributed by atoms with Crippen LogP contribution in [0.2, 0.25) is 0 Å². The number of carbonyl (C=O) groups is 1. The van der Waals surface area contributed by atoms with E-state index in [9.17, 15) is 4.79 Å². The number of thioether (sulfide) groups is 1. The quantitative estimate of drug-likeness (QED) is 0.465. The molecule has 3 aromatic rings. The van der Waals surface area contributed by atoms with Crippen molar-refractivity contribution >= 4 is 60.3 Å². The van der Waals surface area contributed by atoms with Crippen LogP contribution in [0.3, 0.4) is 0 Å². The molecule has 1 amide bonds. The van der Waals surface area contributed by atoms with E-state index < -0.39 is 0 Å². The zero-order chi connectivity index (χ0) is 20.2. The number of halogens is 1. The van der Waals surface area contributed by atoms with Crippen molar-refractivity contribution in [1.82, 2.24) is 9.88 Å². The summed E-state index contributed by atoms with van der Waals surface area (Å²) in [5.74, 6) is -0.0180. The third-order valence-electron chi connectivity index (χ3n) is 4.90. The summed E-state index contributed by atoms with van der Waals surface area (Å²) in [5.41, 5.74) is 1.64. The lowest BCUT2D eigenvalue weighted by molar-refractivity contribution is 0.0391. The second-order valence-electron chi connectivity index (χ2n) is 6.72. The summed E-state index contributed by atoms with van der Waals surface area (Å²) in [7, 11) is 0. The van der Waals surface area contributed by atoms with Crippen molar-refractivity contribution in [2.75, 3.05) is 50.5 Å². The summed E-state index contributed by atoms with van der Waals surface area (Å²) in [4.78, 5) is 23.6. The lowest BCUT2D eigenvalue weighted by atomic mass is 10.2. The highest BCUT2D eigenvalue weighted by Gasteiger charge is 2.23. The number of para-hydroxylation sites is 1. The van der Waals surface area contributed by atoms with Crippen molar-refractivity contribution in [3.63, 3.8) is 0 Å². The molecule has 5 nitrogen and oxygen atoms in total. The molecule has 0 aliphatic carbocycles. The van der Waals surface area contributed by atoms with E-state index in [0.717, 1.165) is 57.6 Å². The van der Waals surface area contributed by atoms with Gasteiger partial charge in [-0.2, -0.15) is 0 Å². The average Bonchev–Trinajstić information content (AvgIpc) is 3.19. The van der Waals surface area contributed by atoms with Gasteiger partial charge in [0.15, 0.2) is 5.13 Å². The number of benzene rings is 2.